The molecular weight excluding hydrogens is 431 g/mol. The van der Waals surface area contributed by atoms with Crippen LogP contribution < -0.4 is 5.32 Å². The zero-order valence-corrected chi connectivity index (χ0v) is 17.4. The SMILES string of the molecule is CN=C(NCC1CCCN(C)C1)N(C)Cc1ccc(Cl)s1.I. The molecule has 1 aromatic rings. The first kappa shape index (κ1) is 20.0. The van der Waals surface area contributed by atoms with E-state index >= 15 is 0 Å². The van der Waals surface area contributed by atoms with Gasteiger partial charge in [0, 0.05) is 32.1 Å². The zero-order valence-electron chi connectivity index (χ0n) is 13.5. The summed E-state index contributed by atoms with van der Waals surface area (Å²) in [6.45, 7) is 4.23. The van der Waals surface area contributed by atoms with E-state index in [4.69, 9.17) is 11.6 Å². The van der Waals surface area contributed by atoms with E-state index in [1.807, 2.05) is 13.1 Å². The Morgan fingerprint density at radius 2 is 2.32 bits per heavy atom. The molecule has 0 radical (unpaired) electrons. The van der Waals surface area contributed by atoms with Gasteiger partial charge in [0.15, 0.2) is 5.96 Å². The molecule has 7 heteroatoms. The third-order valence-corrected chi connectivity index (χ3v) is 5.08. The summed E-state index contributed by atoms with van der Waals surface area (Å²) in [6, 6.07) is 4.02. The van der Waals surface area contributed by atoms with Gasteiger partial charge in [-0.05, 0) is 44.5 Å². The fraction of sp³-hybridized carbons (Fsp3) is 0.667. The molecule has 0 saturated carbocycles. The second-order valence-electron chi connectivity index (χ2n) is 5.76. The van der Waals surface area contributed by atoms with Crippen molar-refractivity contribution in [3.8, 4) is 0 Å². The molecule has 1 unspecified atom stereocenters. The molecule has 0 spiro atoms. The minimum Gasteiger partial charge on any atom is -0.356 e. The van der Waals surface area contributed by atoms with Crippen LogP contribution in [0.5, 0.6) is 0 Å². The van der Waals surface area contributed by atoms with Gasteiger partial charge in [-0.15, -0.1) is 35.3 Å². The average molecular weight is 457 g/mol. The van der Waals surface area contributed by atoms with Gasteiger partial charge >= 0.3 is 0 Å². The van der Waals surface area contributed by atoms with Crippen molar-refractivity contribution in [3.05, 3.63) is 21.3 Å². The smallest absolute Gasteiger partial charge is 0.193 e. The second kappa shape index (κ2) is 9.95. The van der Waals surface area contributed by atoms with Crippen molar-refractivity contribution >= 4 is 52.9 Å². The van der Waals surface area contributed by atoms with E-state index in [0.717, 1.165) is 23.4 Å². The van der Waals surface area contributed by atoms with E-state index < -0.39 is 0 Å². The van der Waals surface area contributed by atoms with Gasteiger partial charge in [0.05, 0.1) is 10.9 Å². The van der Waals surface area contributed by atoms with Gasteiger partial charge < -0.3 is 15.1 Å². The van der Waals surface area contributed by atoms with E-state index in [0.29, 0.717) is 5.92 Å². The maximum atomic E-state index is 5.98. The number of halogens is 2. The summed E-state index contributed by atoms with van der Waals surface area (Å²) in [5.74, 6) is 1.66. The minimum absolute atomic E-state index is 0. The van der Waals surface area contributed by atoms with Gasteiger partial charge in [-0.2, -0.15) is 0 Å². The Hall–Kier alpha value is -0.0500. The third-order valence-electron chi connectivity index (χ3n) is 3.87. The summed E-state index contributed by atoms with van der Waals surface area (Å²) in [7, 11) is 6.11. The molecule has 4 nitrogen and oxygen atoms in total. The lowest BCUT2D eigenvalue weighted by molar-refractivity contribution is 0.209. The van der Waals surface area contributed by atoms with E-state index in [2.05, 4.69) is 40.3 Å². The topological polar surface area (TPSA) is 30.9 Å². The summed E-state index contributed by atoms with van der Waals surface area (Å²) in [5, 5.41) is 3.51. The first-order valence-corrected chi connectivity index (χ1v) is 8.62. The highest BCUT2D eigenvalue weighted by atomic mass is 127. The predicted molar refractivity (Wildman–Crippen MR) is 108 cm³/mol. The highest BCUT2D eigenvalue weighted by Crippen LogP contribution is 2.22. The van der Waals surface area contributed by atoms with E-state index in [1.54, 1.807) is 11.3 Å². The van der Waals surface area contributed by atoms with Gasteiger partial charge in [0.25, 0.3) is 0 Å². The van der Waals surface area contributed by atoms with E-state index in [9.17, 15) is 0 Å². The van der Waals surface area contributed by atoms with Crippen LogP contribution in [0.25, 0.3) is 0 Å². The molecule has 0 bridgehead atoms. The molecule has 1 aliphatic rings. The fourth-order valence-corrected chi connectivity index (χ4v) is 3.95. The second-order valence-corrected chi connectivity index (χ2v) is 7.56. The Bertz CT molecular complexity index is 480. The highest BCUT2D eigenvalue weighted by Gasteiger charge is 2.18. The molecule has 0 aliphatic carbocycles. The van der Waals surface area contributed by atoms with Crippen molar-refractivity contribution in [1.29, 1.82) is 0 Å². The number of thiophene rings is 1. The lowest BCUT2D eigenvalue weighted by Crippen LogP contribution is -2.43. The lowest BCUT2D eigenvalue weighted by atomic mass is 9.99. The molecular formula is C15H26ClIN4S. The summed E-state index contributed by atoms with van der Waals surface area (Å²) >= 11 is 7.61. The number of guanidine groups is 1. The molecule has 0 amide bonds. The third kappa shape index (κ3) is 6.22. The largest absolute Gasteiger partial charge is 0.356 e. The number of aliphatic imine (C=N–C) groups is 1. The van der Waals surface area contributed by atoms with Gasteiger partial charge in [0.2, 0.25) is 0 Å². The highest BCUT2D eigenvalue weighted by molar-refractivity contribution is 14.0. The summed E-state index contributed by atoms with van der Waals surface area (Å²) in [4.78, 5) is 10.2. The molecule has 1 saturated heterocycles. The van der Waals surface area contributed by atoms with Gasteiger partial charge in [-0.25, -0.2) is 0 Å². The Labute approximate surface area is 159 Å². The number of nitrogens with one attached hydrogen (secondary N) is 1. The summed E-state index contributed by atoms with van der Waals surface area (Å²) in [6.07, 6.45) is 2.60. The van der Waals surface area contributed by atoms with Crippen molar-refractivity contribution < 1.29 is 0 Å². The summed E-state index contributed by atoms with van der Waals surface area (Å²) < 4.78 is 0.839. The number of rotatable bonds is 4. The lowest BCUT2D eigenvalue weighted by Gasteiger charge is -2.31. The molecule has 1 atom stereocenters. The van der Waals surface area contributed by atoms with Gasteiger partial charge in [0.1, 0.15) is 0 Å². The molecule has 1 N–H and O–H groups in total. The normalized spacial score (nSPS) is 19.6. The first-order valence-electron chi connectivity index (χ1n) is 7.43. The molecule has 126 valence electrons. The number of likely N-dealkylation sites (tertiary alicyclic amines) is 1. The van der Waals surface area contributed by atoms with Crippen LogP contribution in [0, 0.1) is 5.92 Å². The van der Waals surface area contributed by atoms with Crippen LogP contribution in [0.1, 0.15) is 17.7 Å². The van der Waals surface area contributed by atoms with Gasteiger partial charge in [-0.3, -0.25) is 4.99 Å². The molecule has 1 aliphatic heterocycles. The van der Waals surface area contributed by atoms with Crippen LogP contribution in [0.3, 0.4) is 0 Å². The Morgan fingerprint density at radius 3 is 2.91 bits per heavy atom. The van der Waals surface area contributed by atoms with Crippen LogP contribution in [0.2, 0.25) is 4.34 Å². The summed E-state index contributed by atoms with van der Waals surface area (Å²) in [5.41, 5.74) is 0. The fourth-order valence-electron chi connectivity index (χ4n) is 2.81. The van der Waals surface area contributed by atoms with E-state index in [-0.39, 0.29) is 24.0 Å². The maximum Gasteiger partial charge on any atom is 0.193 e. The van der Waals surface area contributed by atoms with Crippen LogP contribution in [0.4, 0.5) is 0 Å². The zero-order chi connectivity index (χ0) is 15.2. The molecule has 1 aromatic heterocycles. The Balaban J connectivity index is 0.00000242. The molecule has 2 heterocycles. The molecule has 22 heavy (non-hydrogen) atoms. The van der Waals surface area contributed by atoms with Crippen molar-refractivity contribution in [3.63, 3.8) is 0 Å². The first-order chi connectivity index (χ1) is 10.1. The molecule has 0 aromatic carbocycles. The van der Waals surface area contributed by atoms with Crippen molar-refractivity contribution in [1.82, 2.24) is 15.1 Å². The van der Waals surface area contributed by atoms with Crippen LogP contribution in [-0.2, 0) is 6.54 Å². The van der Waals surface area contributed by atoms with Crippen molar-refractivity contribution in [2.45, 2.75) is 19.4 Å². The van der Waals surface area contributed by atoms with Crippen LogP contribution >= 0.6 is 46.9 Å². The standard InChI is InChI=1S/C15H25ClN4S.HI/c1-17-15(18-9-12-5-4-8-19(2)10-12)20(3)11-13-6-7-14(16)21-13;/h6-7,12H,4-5,8-11H2,1-3H3,(H,17,18);1H. The van der Waals surface area contributed by atoms with Crippen LogP contribution in [-0.4, -0.2) is 56.5 Å². The number of piperidine rings is 1. The number of hydrogen-bond donors (Lipinski definition) is 1. The monoisotopic (exact) mass is 456 g/mol. The van der Waals surface area contributed by atoms with E-state index in [1.165, 1.54) is 30.8 Å². The molecule has 1 fully saturated rings. The quantitative estimate of drug-likeness (QED) is 0.428. The van der Waals surface area contributed by atoms with Gasteiger partial charge in [-0.1, -0.05) is 11.6 Å². The Kier molecular flexibility index (Phi) is 9.04. The molecule has 2 rings (SSSR count). The average Bonchev–Trinajstić information content (AvgIpc) is 2.85. The van der Waals surface area contributed by atoms with Crippen molar-refractivity contribution in [2.24, 2.45) is 10.9 Å². The maximum absolute atomic E-state index is 5.98. The van der Waals surface area contributed by atoms with Crippen LogP contribution in [0.15, 0.2) is 17.1 Å². The number of hydrogen-bond acceptors (Lipinski definition) is 3. The Morgan fingerprint density at radius 1 is 1.55 bits per heavy atom. The minimum atomic E-state index is 0. The van der Waals surface area contributed by atoms with Crippen molar-refractivity contribution in [2.75, 3.05) is 40.8 Å². The predicted octanol–water partition coefficient (Wildman–Crippen LogP) is 3.37. The number of nitrogens with zero attached hydrogens (tertiary/aromatic N) is 3.